The summed E-state index contributed by atoms with van der Waals surface area (Å²) in [6, 6.07) is 1.99. The van der Waals surface area contributed by atoms with Crippen molar-refractivity contribution in [2.75, 3.05) is 6.54 Å². The fraction of sp³-hybridized carbons (Fsp3) is 0.586. The first-order valence-corrected chi connectivity index (χ1v) is 14.2. The maximum atomic E-state index is 13.5. The number of carboxylic acids is 1. The van der Waals surface area contributed by atoms with Crippen LogP contribution < -0.4 is 5.73 Å². The Morgan fingerprint density at radius 2 is 1.60 bits per heavy atom. The number of allylic oxidation sites excluding steroid dienone is 1. The Morgan fingerprint density at radius 3 is 2.05 bits per heavy atom. The largest absolute Gasteiger partial charge is 0.481 e. The molecule has 2 aliphatic rings. The topological polar surface area (TPSA) is 125 Å². The lowest BCUT2D eigenvalue weighted by Gasteiger charge is -2.40. The fourth-order valence-corrected chi connectivity index (χ4v) is 5.53. The monoisotopic (exact) mass is 639 g/mol. The van der Waals surface area contributed by atoms with Gasteiger partial charge in [0, 0.05) is 12.3 Å². The average Bonchev–Trinajstić information content (AvgIpc) is 2.91. The predicted molar refractivity (Wildman–Crippen MR) is 149 cm³/mol. The van der Waals surface area contributed by atoms with Gasteiger partial charge in [-0.2, -0.15) is 26.3 Å². The Morgan fingerprint density at radius 1 is 1.05 bits per heavy atom. The van der Waals surface area contributed by atoms with Gasteiger partial charge in [0.15, 0.2) is 5.78 Å². The number of hydrogen-bond acceptors (Lipinski definition) is 5. The minimum Gasteiger partial charge on any atom is -0.481 e. The van der Waals surface area contributed by atoms with E-state index in [0.29, 0.717) is 31.7 Å². The van der Waals surface area contributed by atoms with Crippen molar-refractivity contribution in [3.63, 3.8) is 0 Å². The molecule has 0 spiro atoms. The van der Waals surface area contributed by atoms with Crippen LogP contribution in [0, 0.1) is 16.7 Å². The molecule has 0 bridgehead atoms. The van der Waals surface area contributed by atoms with Crippen LogP contribution in [0.4, 0.5) is 26.3 Å². The smallest absolute Gasteiger partial charge is 0.431 e. The molecule has 1 aromatic carbocycles. The highest BCUT2D eigenvalue weighted by molar-refractivity contribution is 6.34. The molecule has 0 radical (unpaired) electrons. The zero-order valence-electron chi connectivity index (χ0n) is 23.9. The van der Waals surface area contributed by atoms with Crippen molar-refractivity contribution in [1.29, 1.82) is 5.41 Å². The van der Waals surface area contributed by atoms with Crippen LogP contribution in [0.3, 0.4) is 0 Å². The number of ketones is 1. The van der Waals surface area contributed by atoms with E-state index in [4.69, 9.17) is 27.9 Å². The second-order valence-electron chi connectivity index (χ2n) is 11.6. The Balaban J connectivity index is 0.000000609. The van der Waals surface area contributed by atoms with Crippen molar-refractivity contribution >= 4 is 35.5 Å². The fourth-order valence-electron chi connectivity index (χ4n) is 5.25. The van der Waals surface area contributed by atoms with Crippen molar-refractivity contribution < 1.29 is 45.8 Å². The summed E-state index contributed by atoms with van der Waals surface area (Å²) in [6.07, 6.45) is -2.95. The molecule has 0 unspecified atom stereocenters. The van der Waals surface area contributed by atoms with Crippen LogP contribution in [0.2, 0.25) is 5.02 Å². The molecular weight excluding hydrogens is 604 g/mol. The quantitative estimate of drug-likeness (QED) is 0.124. The molecule has 1 aromatic rings. The minimum atomic E-state index is -5.13. The number of rotatable bonds is 7. The van der Waals surface area contributed by atoms with Crippen molar-refractivity contribution in [2.24, 2.45) is 17.1 Å². The number of alkyl halides is 6. The third kappa shape index (κ3) is 9.97. The van der Waals surface area contributed by atoms with Crippen LogP contribution in [-0.4, -0.2) is 52.6 Å². The Kier molecular flexibility index (Phi) is 12.2. The van der Waals surface area contributed by atoms with E-state index in [1.165, 1.54) is 6.42 Å². The van der Waals surface area contributed by atoms with Gasteiger partial charge in [-0.3, -0.25) is 14.4 Å². The van der Waals surface area contributed by atoms with Crippen LogP contribution >= 0.6 is 11.6 Å². The second kappa shape index (κ2) is 14.6. The average molecular weight is 640 g/mol. The van der Waals surface area contributed by atoms with Gasteiger partial charge in [0.05, 0.1) is 34.2 Å². The standard InChI is InChI=1S/C22H24ClF6N3O2.C7H12O2/c1-20(2)8-6-12(7-9-20)32(19(34)13(10-30)18(31)22(27,28)29)11-16(33)17-14(21(24,25)26)4-3-5-15(17)23;8-7(9)6-4-2-1-3-5-6/h3-5,10,12,30H,6-9,11,31H2,1-2H3;6H,1-5H2,(H,8,9)/b18-13+,30-10?;. The number of halogens is 7. The molecule has 4 N–H and O–H groups in total. The van der Waals surface area contributed by atoms with E-state index in [1.54, 1.807) is 0 Å². The molecule has 43 heavy (non-hydrogen) atoms. The van der Waals surface area contributed by atoms with Crippen LogP contribution in [0.15, 0.2) is 29.5 Å². The molecule has 0 heterocycles. The van der Waals surface area contributed by atoms with Crippen LogP contribution in [0.5, 0.6) is 0 Å². The number of carbonyl (C=O) groups is 3. The van der Waals surface area contributed by atoms with Crippen LogP contribution in [0.1, 0.15) is 87.6 Å². The van der Waals surface area contributed by atoms with Crippen LogP contribution in [-0.2, 0) is 15.8 Å². The number of hydrogen-bond donors (Lipinski definition) is 3. The molecule has 3 rings (SSSR count). The summed E-state index contributed by atoms with van der Waals surface area (Å²) in [7, 11) is 0. The summed E-state index contributed by atoms with van der Waals surface area (Å²) in [4.78, 5) is 37.2. The summed E-state index contributed by atoms with van der Waals surface area (Å²) in [5.41, 5.74) is -0.271. The number of nitrogens with zero attached hydrogens (tertiary/aromatic N) is 1. The third-order valence-electron chi connectivity index (χ3n) is 7.85. The first-order valence-electron chi connectivity index (χ1n) is 13.8. The zero-order valence-corrected chi connectivity index (χ0v) is 24.6. The zero-order chi connectivity index (χ0) is 32.8. The number of carboxylic acid groups (broad SMARTS) is 1. The number of nitrogens with one attached hydrogen (secondary N) is 1. The molecule has 2 aliphatic carbocycles. The third-order valence-corrected chi connectivity index (χ3v) is 8.16. The maximum Gasteiger partial charge on any atom is 0.431 e. The minimum absolute atomic E-state index is 0.0289. The number of nitrogens with two attached hydrogens (primary N) is 1. The Hall–Kier alpha value is -3.09. The number of aliphatic carboxylic acids is 1. The molecule has 14 heteroatoms. The van der Waals surface area contributed by atoms with Crippen LogP contribution in [0.25, 0.3) is 0 Å². The van der Waals surface area contributed by atoms with Gasteiger partial charge in [-0.15, -0.1) is 0 Å². The number of amides is 1. The molecule has 7 nitrogen and oxygen atoms in total. The summed E-state index contributed by atoms with van der Waals surface area (Å²) < 4.78 is 79.9. The first kappa shape index (κ1) is 36.1. The highest BCUT2D eigenvalue weighted by Gasteiger charge is 2.41. The highest BCUT2D eigenvalue weighted by atomic mass is 35.5. The number of benzene rings is 1. The van der Waals surface area contributed by atoms with Gasteiger partial charge in [-0.25, -0.2) is 0 Å². The van der Waals surface area contributed by atoms with Crippen molar-refractivity contribution in [2.45, 2.75) is 90.0 Å². The summed E-state index contributed by atoms with van der Waals surface area (Å²) in [5, 5.41) is 15.3. The van der Waals surface area contributed by atoms with Gasteiger partial charge in [-0.05, 0) is 56.1 Å². The van der Waals surface area contributed by atoms with Crippen molar-refractivity contribution in [3.8, 4) is 0 Å². The van der Waals surface area contributed by atoms with Gasteiger partial charge in [-0.1, -0.05) is 50.8 Å². The molecule has 240 valence electrons. The number of carbonyl (C=O) groups excluding carboxylic acids is 2. The van der Waals surface area contributed by atoms with E-state index in [1.807, 2.05) is 13.8 Å². The first-order chi connectivity index (χ1) is 19.8. The SMILES string of the molecule is CC1(C)CCC(N(CC(=O)c2c(Cl)cccc2C(F)(F)F)C(=O)/C(C=N)=C(/N)C(F)(F)F)CC1.O=C(O)C1CCCCC1. The van der Waals surface area contributed by atoms with Crippen molar-refractivity contribution in [3.05, 3.63) is 45.6 Å². The predicted octanol–water partition coefficient (Wildman–Crippen LogP) is 7.41. The van der Waals surface area contributed by atoms with E-state index in [9.17, 15) is 40.7 Å². The van der Waals surface area contributed by atoms with E-state index in [-0.39, 0.29) is 17.5 Å². The molecular formula is C29H36ClF6N3O4. The van der Waals surface area contributed by atoms with E-state index >= 15 is 0 Å². The second-order valence-corrected chi connectivity index (χ2v) is 12.0. The summed E-state index contributed by atoms with van der Waals surface area (Å²) in [6.45, 7) is 2.97. The summed E-state index contributed by atoms with van der Waals surface area (Å²) >= 11 is 5.88. The maximum absolute atomic E-state index is 13.5. The lowest BCUT2D eigenvalue weighted by atomic mass is 9.75. The van der Waals surface area contributed by atoms with Gasteiger partial charge < -0.3 is 21.1 Å². The van der Waals surface area contributed by atoms with E-state index in [0.717, 1.165) is 42.7 Å². The van der Waals surface area contributed by atoms with E-state index in [2.05, 4.69) is 0 Å². The molecule has 2 saturated carbocycles. The molecule has 0 saturated heterocycles. The lowest BCUT2D eigenvalue weighted by Crippen LogP contribution is -2.47. The molecule has 0 atom stereocenters. The van der Waals surface area contributed by atoms with Gasteiger partial charge in [0.1, 0.15) is 5.70 Å². The van der Waals surface area contributed by atoms with Gasteiger partial charge in [0.2, 0.25) is 0 Å². The molecule has 0 aliphatic heterocycles. The molecule has 1 amide bonds. The molecule has 2 fully saturated rings. The summed E-state index contributed by atoms with van der Waals surface area (Å²) in [5.74, 6) is -3.18. The molecule has 0 aromatic heterocycles. The normalized spacial score (nSPS) is 18.5. The Labute approximate surface area is 250 Å². The van der Waals surface area contributed by atoms with Gasteiger partial charge in [0.25, 0.3) is 5.91 Å². The van der Waals surface area contributed by atoms with Gasteiger partial charge >= 0.3 is 18.3 Å². The Bertz CT molecular complexity index is 1210. The number of Topliss-reactive ketones (excluding diaryl/α,β-unsaturated/α-hetero) is 1. The van der Waals surface area contributed by atoms with Crippen molar-refractivity contribution in [1.82, 2.24) is 4.90 Å². The highest BCUT2D eigenvalue weighted by Crippen LogP contribution is 2.39. The lowest BCUT2D eigenvalue weighted by molar-refractivity contribution is -0.142. The van der Waals surface area contributed by atoms with E-state index < -0.39 is 70.0 Å².